The quantitative estimate of drug-likeness (QED) is 0.910. The Bertz CT molecular complexity index is 560. The fourth-order valence-corrected chi connectivity index (χ4v) is 2.79. The second kappa shape index (κ2) is 5.97. The van der Waals surface area contributed by atoms with E-state index in [1.54, 1.807) is 0 Å². The molecule has 0 radical (unpaired) electrons. The number of fused-ring (bicyclic) bond motifs is 1. The first-order valence-electron chi connectivity index (χ1n) is 6.75. The predicted octanol–water partition coefficient (Wildman–Crippen LogP) is 3.45. The fraction of sp³-hybridized carbons (Fsp3) is 0.533. The molecular formula is C15H23N3S. The number of nitrogens with zero attached hydrogens (tertiary/aromatic N) is 2. The van der Waals surface area contributed by atoms with Gasteiger partial charge >= 0.3 is 0 Å². The Kier molecular flexibility index (Phi) is 4.53. The van der Waals surface area contributed by atoms with Gasteiger partial charge in [0.15, 0.2) is 0 Å². The molecule has 1 aromatic carbocycles. The molecule has 2 rings (SSSR count). The minimum absolute atomic E-state index is 0.0207. The molecule has 0 aliphatic heterocycles. The van der Waals surface area contributed by atoms with Crippen LogP contribution in [0.5, 0.6) is 0 Å². The SMILES string of the molecule is CSCCC(N)c1nc2cc(C(C)C)ccc2n1C. The first kappa shape index (κ1) is 14.4. The van der Waals surface area contributed by atoms with E-state index in [0.29, 0.717) is 5.92 Å². The van der Waals surface area contributed by atoms with Gasteiger partial charge in [-0.2, -0.15) is 11.8 Å². The molecule has 1 aromatic heterocycles. The van der Waals surface area contributed by atoms with Crippen LogP contribution in [0.15, 0.2) is 18.2 Å². The van der Waals surface area contributed by atoms with E-state index in [4.69, 9.17) is 10.7 Å². The Morgan fingerprint density at radius 3 is 2.74 bits per heavy atom. The summed E-state index contributed by atoms with van der Waals surface area (Å²) >= 11 is 1.83. The van der Waals surface area contributed by atoms with Crippen LogP contribution in [0, 0.1) is 0 Å². The third-order valence-corrected chi connectivity index (χ3v) is 4.21. The van der Waals surface area contributed by atoms with Crippen LogP contribution in [0.1, 0.15) is 43.6 Å². The molecule has 1 unspecified atom stereocenters. The van der Waals surface area contributed by atoms with E-state index >= 15 is 0 Å². The van der Waals surface area contributed by atoms with Crippen molar-refractivity contribution in [1.82, 2.24) is 9.55 Å². The van der Waals surface area contributed by atoms with Crippen molar-refractivity contribution in [2.75, 3.05) is 12.0 Å². The van der Waals surface area contributed by atoms with Gasteiger partial charge in [-0.05, 0) is 42.0 Å². The van der Waals surface area contributed by atoms with Gasteiger partial charge in [0.1, 0.15) is 5.82 Å². The largest absolute Gasteiger partial charge is 0.330 e. The molecule has 4 heteroatoms. The Morgan fingerprint density at radius 1 is 1.37 bits per heavy atom. The van der Waals surface area contributed by atoms with Gasteiger partial charge in [0, 0.05) is 7.05 Å². The topological polar surface area (TPSA) is 43.8 Å². The number of hydrogen-bond acceptors (Lipinski definition) is 3. The van der Waals surface area contributed by atoms with Crippen LogP contribution in [-0.4, -0.2) is 21.6 Å². The van der Waals surface area contributed by atoms with E-state index in [0.717, 1.165) is 23.5 Å². The van der Waals surface area contributed by atoms with E-state index in [-0.39, 0.29) is 6.04 Å². The number of benzene rings is 1. The maximum absolute atomic E-state index is 6.25. The fourth-order valence-electron chi connectivity index (χ4n) is 2.30. The number of nitrogens with two attached hydrogens (primary N) is 1. The zero-order valence-corrected chi connectivity index (χ0v) is 13.0. The van der Waals surface area contributed by atoms with Crippen LogP contribution in [-0.2, 0) is 7.05 Å². The molecule has 0 saturated carbocycles. The monoisotopic (exact) mass is 277 g/mol. The molecule has 1 atom stereocenters. The Morgan fingerprint density at radius 2 is 2.11 bits per heavy atom. The first-order chi connectivity index (χ1) is 9.04. The lowest BCUT2D eigenvalue weighted by atomic mass is 10.0. The van der Waals surface area contributed by atoms with Crippen molar-refractivity contribution in [2.45, 2.75) is 32.2 Å². The van der Waals surface area contributed by atoms with Crippen molar-refractivity contribution in [3.8, 4) is 0 Å². The molecule has 1 heterocycles. The average Bonchev–Trinajstić information content (AvgIpc) is 2.73. The van der Waals surface area contributed by atoms with Crippen molar-refractivity contribution in [3.63, 3.8) is 0 Å². The number of rotatable bonds is 5. The molecule has 2 N–H and O–H groups in total. The van der Waals surface area contributed by atoms with Gasteiger partial charge in [0.25, 0.3) is 0 Å². The van der Waals surface area contributed by atoms with Gasteiger partial charge in [-0.3, -0.25) is 0 Å². The summed E-state index contributed by atoms with van der Waals surface area (Å²) < 4.78 is 2.13. The van der Waals surface area contributed by atoms with Crippen LogP contribution in [0.25, 0.3) is 11.0 Å². The first-order valence-corrected chi connectivity index (χ1v) is 8.14. The molecule has 0 saturated heterocycles. The molecule has 0 fully saturated rings. The number of aromatic nitrogens is 2. The average molecular weight is 277 g/mol. The number of imidazole rings is 1. The zero-order valence-electron chi connectivity index (χ0n) is 12.2. The van der Waals surface area contributed by atoms with Gasteiger partial charge in [-0.1, -0.05) is 19.9 Å². The van der Waals surface area contributed by atoms with Crippen molar-refractivity contribution in [2.24, 2.45) is 12.8 Å². The van der Waals surface area contributed by atoms with E-state index in [9.17, 15) is 0 Å². The highest BCUT2D eigenvalue weighted by Crippen LogP contribution is 2.24. The van der Waals surface area contributed by atoms with Crippen molar-refractivity contribution in [1.29, 1.82) is 0 Å². The smallest absolute Gasteiger partial charge is 0.126 e. The van der Waals surface area contributed by atoms with Gasteiger partial charge in [-0.25, -0.2) is 4.98 Å². The van der Waals surface area contributed by atoms with Gasteiger partial charge in [-0.15, -0.1) is 0 Å². The summed E-state index contributed by atoms with van der Waals surface area (Å²) in [6, 6.07) is 6.55. The molecule has 0 bridgehead atoms. The van der Waals surface area contributed by atoms with Gasteiger partial charge in [0.05, 0.1) is 17.1 Å². The molecule has 3 nitrogen and oxygen atoms in total. The van der Waals surface area contributed by atoms with Crippen LogP contribution >= 0.6 is 11.8 Å². The summed E-state index contributed by atoms with van der Waals surface area (Å²) in [5.41, 5.74) is 9.80. The minimum atomic E-state index is 0.0207. The highest BCUT2D eigenvalue weighted by atomic mass is 32.2. The van der Waals surface area contributed by atoms with E-state index in [2.05, 4.69) is 49.9 Å². The summed E-state index contributed by atoms with van der Waals surface area (Å²) in [7, 11) is 2.05. The van der Waals surface area contributed by atoms with Crippen molar-refractivity contribution < 1.29 is 0 Å². The Balaban J connectivity index is 2.38. The van der Waals surface area contributed by atoms with Crippen molar-refractivity contribution in [3.05, 3.63) is 29.6 Å². The molecule has 2 aromatic rings. The summed E-state index contributed by atoms with van der Waals surface area (Å²) in [4.78, 5) is 4.74. The Hall–Kier alpha value is -1.00. The third kappa shape index (κ3) is 2.95. The molecule has 104 valence electrons. The van der Waals surface area contributed by atoms with Crippen LogP contribution in [0.3, 0.4) is 0 Å². The zero-order chi connectivity index (χ0) is 14.0. The lowest BCUT2D eigenvalue weighted by Gasteiger charge is -2.10. The number of thioether (sulfide) groups is 1. The van der Waals surface area contributed by atoms with E-state index in [1.807, 2.05) is 11.8 Å². The lowest BCUT2D eigenvalue weighted by Crippen LogP contribution is -2.16. The predicted molar refractivity (Wildman–Crippen MR) is 84.7 cm³/mol. The van der Waals surface area contributed by atoms with E-state index in [1.165, 1.54) is 11.1 Å². The van der Waals surface area contributed by atoms with E-state index < -0.39 is 0 Å². The molecule has 0 aliphatic rings. The number of aryl methyl sites for hydroxylation is 1. The molecular weight excluding hydrogens is 254 g/mol. The normalized spacial score (nSPS) is 13.4. The Labute approximate surface area is 119 Å². The second-order valence-electron chi connectivity index (χ2n) is 5.32. The highest BCUT2D eigenvalue weighted by molar-refractivity contribution is 7.98. The molecule has 0 aliphatic carbocycles. The standard InChI is InChI=1S/C15H23N3S/c1-10(2)11-5-6-14-13(9-11)17-15(18(14)3)12(16)7-8-19-4/h5-6,9-10,12H,7-8,16H2,1-4H3. The van der Waals surface area contributed by atoms with Gasteiger partial charge in [0.2, 0.25) is 0 Å². The van der Waals surface area contributed by atoms with Crippen LogP contribution < -0.4 is 5.73 Å². The third-order valence-electron chi connectivity index (χ3n) is 3.57. The molecule has 19 heavy (non-hydrogen) atoms. The molecule has 0 amide bonds. The number of hydrogen-bond donors (Lipinski definition) is 1. The van der Waals surface area contributed by atoms with Gasteiger partial charge < -0.3 is 10.3 Å². The second-order valence-corrected chi connectivity index (χ2v) is 6.31. The van der Waals surface area contributed by atoms with Crippen molar-refractivity contribution >= 4 is 22.8 Å². The minimum Gasteiger partial charge on any atom is -0.330 e. The summed E-state index contributed by atoms with van der Waals surface area (Å²) in [5.74, 6) is 2.59. The summed E-state index contributed by atoms with van der Waals surface area (Å²) in [5, 5.41) is 0. The van der Waals surface area contributed by atoms with Crippen LogP contribution in [0.4, 0.5) is 0 Å². The maximum Gasteiger partial charge on any atom is 0.126 e. The molecule has 0 spiro atoms. The summed E-state index contributed by atoms with van der Waals surface area (Å²) in [6.07, 6.45) is 3.08. The lowest BCUT2D eigenvalue weighted by molar-refractivity contribution is 0.628. The van der Waals surface area contributed by atoms with Crippen LogP contribution in [0.2, 0.25) is 0 Å². The summed E-state index contributed by atoms with van der Waals surface area (Å²) in [6.45, 7) is 4.41. The maximum atomic E-state index is 6.25. The highest BCUT2D eigenvalue weighted by Gasteiger charge is 2.15.